The third-order valence-electron chi connectivity index (χ3n) is 5.08. The number of Topliss-reactive ketones (excluding diaryl/α,β-unsaturated/α-hetero) is 1. The number of benzene rings is 1. The molecule has 4 nitrogen and oxygen atoms in total. The van der Waals surface area contributed by atoms with Crippen LogP contribution in [0.1, 0.15) is 58.9 Å². The van der Waals surface area contributed by atoms with Crippen LogP contribution in [0, 0.1) is 5.41 Å². The van der Waals surface area contributed by atoms with Gasteiger partial charge < -0.3 is 10.1 Å². The van der Waals surface area contributed by atoms with Gasteiger partial charge in [0, 0.05) is 29.3 Å². The van der Waals surface area contributed by atoms with Gasteiger partial charge in [0.25, 0.3) is 0 Å². The predicted octanol–water partition coefficient (Wildman–Crippen LogP) is 5.55. The van der Waals surface area contributed by atoms with Crippen molar-refractivity contribution in [2.45, 2.75) is 59.5 Å². The van der Waals surface area contributed by atoms with Crippen LogP contribution in [0.2, 0.25) is 10.0 Å². The van der Waals surface area contributed by atoms with Crippen molar-refractivity contribution < 1.29 is 14.3 Å². The highest BCUT2D eigenvalue weighted by Crippen LogP contribution is 2.47. The zero-order valence-corrected chi connectivity index (χ0v) is 18.3. The summed E-state index contributed by atoms with van der Waals surface area (Å²) in [5.41, 5.74) is 3.26. The van der Waals surface area contributed by atoms with E-state index in [0.717, 1.165) is 17.7 Å². The van der Waals surface area contributed by atoms with Gasteiger partial charge in [0.05, 0.1) is 21.7 Å². The van der Waals surface area contributed by atoms with E-state index in [0.29, 0.717) is 33.3 Å². The van der Waals surface area contributed by atoms with Crippen molar-refractivity contribution in [2.75, 3.05) is 0 Å². The Morgan fingerprint density at radius 2 is 1.89 bits per heavy atom. The molecule has 0 spiro atoms. The Morgan fingerprint density at radius 1 is 1.21 bits per heavy atom. The lowest BCUT2D eigenvalue weighted by molar-refractivity contribution is -0.143. The molecule has 3 rings (SSSR count). The fourth-order valence-electron chi connectivity index (χ4n) is 4.01. The van der Waals surface area contributed by atoms with Gasteiger partial charge in [0.1, 0.15) is 0 Å². The Labute approximate surface area is 175 Å². The van der Waals surface area contributed by atoms with E-state index in [4.69, 9.17) is 27.9 Å². The van der Waals surface area contributed by atoms with E-state index in [2.05, 4.69) is 19.2 Å². The number of ether oxygens (including phenoxy) is 1. The predicted molar refractivity (Wildman–Crippen MR) is 111 cm³/mol. The molecule has 1 aliphatic heterocycles. The molecule has 0 aromatic heterocycles. The minimum atomic E-state index is -0.527. The molecule has 1 atom stereocenters. The first-order valence-corrected chi connectivity index (χ1v) is 10.2. The van der Waals surface area contributed by atoms with E-state index in [-0.39, 0.29) is 17.3 Å². The molecular weight excluding hydrogens is 397 g/mol. The van der Waals surface area contributed by atoms with Crippen molar-refractivity contribution in [2.24, 2.45) is 5.41 Å². The minimum absolute atomic E-state index is 0.0390. The van der Waals surface area contributed by atoms with Gasteiger partial charge in [0.15, 0.2) is 5.78 Å². The molecule has 150 valence electrons. The zero-order valence-electron chi connectivity index (χ0n) is 16.8. The second-order valence-electron chi connectivity index (χ2n) is 8.56. The average molecular weight is 422 g/mol. The van der Waals surface area contributed by atoms with Gasteiger partial charge in [-0.2, -0.15) is 0 Å². The summed E-state index contributed by atoms with van der Waals surface area (Å²) in [7, 11) is 0. The first-order valence-electron chi connectivity index (χ1n) is 9.40. The lowest BCUT2D eigenvalue weighted by Crippen LogP contribution is -2.39. The molecule has 2 aliphatic rings. The minimum Gasteiger partial charge on any atom is -0.460 e. The maximum atomic E-state index is 13.1. The molecule has 1 N–H and O–H groups in total. The third kappa shape index (κ3) is 3.99. The van der Waals surface area contributed by atoms with E-state index >= 15 is 0 Å². The first-order chi connectivity index (χ1) is 13.0. The number of esters is 1. The molecule has 28 heavy (non-hydrogen) atoms. The van der Waals surface area contributed by atoms with Crippen molar-refractivity contribution in [3.05, 3.63) is 56.3 Å². The lowest BCUT2D eigenvalue weighted by Gasteiger charge is -2.39. The molecule has 1 aliphatic carbocycles. The topological polar surface area (TPSA) is 55.4 Å². The standard InChI is InChI=1S/C22H25Cl2NO3/c1-11(2)28-21(27)18-12(3)25-16-9-22(4,5)10-17(26)20(16)19(18)13-6-7-14(23)15(24)8-13/h6-8,11,19,25H,9-10H2,1-5H3. The van der Waals surface area contributed by atoms with Crippen molar-refractivity contribution in [1.82, 2.24) is 5.32 Å². The van der Waals surface area contributed by atoms with E-state index in [1.165, 1.54) is 0 Å². The lowest BCUT2D eigenvalue weighted by atomic mass is 9.68. The average Bonchev–Trinajstić information content (AvgIpc) is 2.54. The Bertz CT molecular complexity index is 912. The molecule has 1 aromatic carbocycles. The molecule has 0 fully saturated rings. The summed E-state index contributed by atoms with van der Waals surface area (Å²) in [4.78, 5) is 26.1. The Morgan fingerprint density at radius 3 is 2.50 bits per heavy atom. The fraction of sp³-hybridized carbons (Fsp3) is 0.455. The number of nitrogens with one attached hydrogen (secondary N) is 1. The molecule has 1 aromatic rings. The van der Waals surface area contributed by atoms with Crippen LogP contribution in [-0.2, 0) is 14.3 Å². The molecule has 0 saturated carbocycles. The van der Waals surface area contributed by atoms with E-state index in [9.17, 15) is 9.59 Å². The number of carbonyl (C=O) groups is 2. The summed E-state index contributed by atoms with van der Waals surface area (Å²) in [5, 5.41) is 4.13. The molecule has 6 heteroatoms. The monoisotopic (exact) mass is 421 g/mol. The normalized spacial score (nSPS) is 21.6. The molecule has 0 bridgehead atoms. The van der Waals surface area contributed by atoms with Gasteiger partial charge in [-0.1, -0.05) is 43.1 Å². The smallest absolute Gasteiger partial charge is 0.337 e. The van der Waals surface area contributed by atoms with Crippen LogP contribution in [0.25, 0.3) is 0 Å². The molecular formula is C22H25Cl2NO3. The van der Waals surface area contributed by atoms with E-state index in [1.807, 2.05) is 13.0 Å². The van der Waals surface area contributed by atoms with E-state index < -0.39 is 11.9 Å². The maximum Gasteiger partial charge on any atom is 0.337 e. The summed E-state index contributed by atoms with van der Waals surface area (Å²) < 4.78 is 5.49. The van der Waals surface area contributed by atoms with Gasteiger partial charge in [-0.15, -0.1) is 0 Å². The largest absolute Gasteiger partial charge is 0.460 e. The number of carbonyl (C=O) groups excluding carboxylic acids is 2. The Balaban J connectivity index is 2.19. The van der Waals surface area contributed by atoms with Crippen LogP contribution < -0.4 is 5.32 Å². The number of halogens is 2. The number of ketones is 1. The summed E-state index contributed by atoms with van der Waals surface area (Å²) >= 11 is 12.3. The SMILES string of the molecule is CC1=C(C(=O)OC(C)C)C(c2ccc(Cl)c(Cl)c2)C2=C(CC(C)(C)CC2=O)N1. The fourth-order valence-corrected chi connectivity index (χ4v) is 4.32. The quantitative estimate of drug-likeness (QED) is 0.649. The van der Waals surface area contributed by atoms with Gasteiger partial charge in [-0.3, -0.25) is 4.79 Å². The van der Waals surface area contributed by atoms with Gasteiger partial charge in [-0.05, 0) is 50.3 Å². The molecule has 0 saturated heterocycles. The van der Waals surface area contributed by atoms with Crippen LogP contribution in [0.3, 0.4) is 0 Å². The number of allylic oxidation sites excluding steroid dienone is 3. The third-order valence-corrected chi connectivity index (χ3v) is 5.82. The van der Waals surface area contributed by atoms with Crippen molar-refractivity contribution in [3.63, 3.8) is 0 Å². The molecule has 0 amide bonds. The summed E-state index contributed by atoms with van der Waals surface area (Å²) in [6.07, 6.45) is 0.894. The van der Waals surface area contributed by atoms with Crippen LogP contribution in [0.15, 0.2) is 40.7 Å². The van der Waals surface area contributed by atoms with Crippen LogP contribution >= 0.6 is 23.2 Å². The summed E-state index contributed by atoms with van der Waals surface area (Å²) in [6, 6.07) is 5.24. The molecule has 1 unspecified atom stereocenters. The van der Waals surface area contributed by atoms with Crippen molar-refractivity contribution in [3.8, 4) is 0 Å². The van der Waals surface area contributed by atoms with Gasteiger partial charge >= 0.3 is 5.97 Å². The highest BCUT2D eigenvalue weighted by Gasteiger charge is 2.43. The maximum absolute atomic E-state index is 13.1. The second kappa shape index (κ2) is 7.57. The highest BCUT2D eigenvalue weighted by atomic mass is 35.5. The van der Waals surface area contributed by atoms with E-state index in [1.54, 1.807) is 26.0 Å². The number of rotatable bonds is 3. The number of dihydropyridines is 1. The Hall–Kier alpha value is -1.78. The first kappa shape index (κ1) is 20.9. The highest BCUT2D eigenvalue weighted by molar-refractivity contribution is 6.42. The van der Waals surface area contributed by atoms with Gasteiger partial charge in [-0.25, -0.2) is 4.79 Å². The van der Waals surface area contributed by atoms with Gasteiger partial charge in [0.2, 0.25) is 0 Å². The molecule has 1 heterocycles. The Kier molecular flexibility index (Phi) is 5.66. The van der Waals surface area contributed by atoms with Crippen molar-refractivity contribution in [1.29, 1.82) is 0 Å². The van der Waals surface area contributed by atoms with Crippen LogP contribution in [-0.4, -0.2) is 17.9 Å². The second-order valence-corrected chi connectivity index (χ2v) is 9.37. The summed E-state index contributed by atoms with van der Waals surface area (Å²) in [6.45, 7) is 9.60. The molecule has 0 radical (unpaired) electrons. The number of hydrogen-bond donors (Lipinski definition) is 1. The summed E-state index contributed by atoms with van der Waals surface area (Å²) in [5.74, 6) is -0.918. The van der Waals surface area contributed by atoms with Crippen molar-refractivity contribution >= 4 is 35.0 Å². The number of hydrogen-bond acceptors (Lipinski definition) is 4. The van der Waals surface area contributed by atoms with Crippen LogP contribution in [0.5, 0.6) is 0 Å². The zero-order chi connectivity index (χ0) is 20.8. The van der Waals surface area contributed by atoms with Crippen LogP contribution in [0.4, 0.5) is 0 Å².